The Kier molecular flexibility index (Phi) is 4.72. The van der Waals surface area contributed by atoms with E-state index in [4.69, 9.17) is 0 Å². The highest BCUT2D eigenvalue weighted by atomic mass is 19.1. The highest BCUT2D eigenvalue weighted by Gasteiger charge is 2.26. The quantitative estimate of drug-likeness (QED) is 0.843. The first-order valence-corrected chi connectivity index (χ1v) is 6.83. The van der Waals surface area contributed by atoms with Gasteiger partial charge in [-0.3, -0.25) is 0 Å². The molecule has 3 heteroatoms. The summed E-state index contributed by atoms with van der Waals surface area (Å²) in [6.45, 7) is 2.36. The molecule has 0 bridgehead atoms. The molecule has 0 saturated heterocycles. The SMILES string of the molecule is CC(O)CNC(c1ccc(F)cc1)C1CCCC1. The molecule has 0 spiro atoms. The topological polar surface area (TPSA) is 32.3 Å². The second-order valence-electron chi connectivity index (χ2n) is 5.33. The highest BCUT2D eigenvalue weighted by Crippen LogP contribution is 2.35. The average Bonchev–Trinajstić information content (AvgIpc) is 2.85. The minimum Gasteiger partial charge on any atom is -0.392 e. The largest absolute Gasteiger partial charge is 0.392 e. The lowest BCUT2D eigenvalue weighted by Crippen LogP contribution is -2.32. The maximum absolute atomic E-state index is 13.0. The van der Waals surface area contributed by atoms with Gasteiger partial charge in [0.05, 0.1) is 6.10 Å². The molecule has 2 N–H and O–H groups in total. The van der Waals surface area contributed by atoms with E-state index in [9.17, 15) is 9.50 Å². The van der Waals surface area contributed by atoms with Crippen LogP contribution in [0, 0.1) is 11.7 Å². The molecule has 2 atom stereocenters. The van der Waals surface area contributed by atoms with Crippen molar-refractivity contribution in [3.05, 3.63) is 35.6 Å². The number of rotatable bonds is 5. The minimum atomic E-state index is -0.352. The van der Waals surface area contributed by atoms with E-state index in [0.717, 1.165) is 5.56 Å². The number of hydrogen-bond acceptors (Lipinski definition) is 2. The standard InChI is InChI=1S/C15H22FNO/c1-11(18)10-17-15(12-4-2-3-5-12)13-6-8-14(16)9-7-13/h6-9,11-12,15,17-18H,2-5,10H2,1H3. The maximum Gasteiger partial charge on any atom is 0.123 e. The highest BCUT2D eigenvalue weighted by molar-refractivity contribution is 5.21. The molecule has 1 aromatic carbocycles. The third-order valence-corrected chi connectivity index (χ3v) is 3.73. The smallest absolute Gasteiger partial charge is 0.123 e. The average molecular weight is 251 g/mol. The van der Waals surface area contributed by atoms with Crippen molar-refractivity contribution >= 4 is 0 Å². The summed E-state index contributed by atoms with van der Waals surface area (Å²) in [6, 6.07) is 6.98. The van der Waals surface area contributed by atoms with E-state index in [1.54, 1.807) is 6.92 Å². The van der Waals surface area contributed by atoms with E-state index in [1.165, 1.54) is 37.8 Å². The Morgan fingerprint density at radius 3 is 2.44 bits per heavy atom. The Hall–Kier alpha value is -0.930. The Balaban J connectivity index is 2.09. The van der Waals surface area contributed by atoms with Gasteiger partial charge in [-0.15, -0.1) is 0 Å². The van der Waals surface area contributed by atoms with Crippen LogP contribution in [0.5, 0.6) is 0 Å². The van der Waals surface area contributed by atoms with Crippen LogP contribution in [0.1, 0.15) is 44.2 Å². The van der Waals surface area contributed by atoms with Crippen LogP contribution in [0.2, 0.25) is 0 Å². The van der Waals surface area contributed by atoms with Gasteiger partial charge in [-0.2, -0.15) is 0 Å². The molecule has 1 aliphatic carbocycles. The molecule has 0 radical (unpaired) electrons. The normalized spacial score (nSPS) is 19.9. The van der Waals surface area contributed by atoms with Gasteiger partial charge in [-0.25, -0.2) is 4.39 Å². The zero-order chi connectivity index (χ0) is 13.0. The predicted molar refractivity (Wildman–Crippen MR) is 70.8 cm³/mol. The molecule has 1 saturated carbocycles. The predicted octanol–water partition coefficient (Wildman–Crippen LogP) is 3.03. The molecule has 0 aliphatic heterocycles. The number of hydrogen-bond donors (Lipinski definition) is 2. The van der Waals surface area contributed by atoms with Crippen LogP contribution in [0.15, 0.2) is 24.3 Å². The third-order valence-electron chi connectivity index (χ3n) is 3.73. The summed E-state index contributed by atoms with van der Waals surface area (Å²) in [4.78, 5) is 0. The summed E-state index contributed by atoms with van der Waals surface area (Å²) in [7, 11) is 0. The molecular weight excluding hydrogens is 229 g/mol. The van der Waals surface area contributed by atoms with Crippen LogP contribution in [0.25, 0.3) is 0 Å². The Bertz CT molecular complexity index is 357. The molecule has 1 aromatic rings. The number of aliphatic hydroxyl groups is 1. The molecule has 18 heavy (non-hydrogen) atoms. The first-order valence-electron chi connectivity index (χ1n) is 6.83. The summed E-state index contributed by atoms with van der Waals surface area (Å²) in [6.07, 6.45) is 4.63. The second kappa shape index (κ2) is 6.30. The molecule has 1 fully saturated rings. The summed E-state index contributed by atoms with van der Waals surface area (Å²) in [5.41, 5.74) is 1.13. The molecule has 2 nitrogen and oxygen atoms in total. The van der Waals surface area contributed by atoms with Gasteiger partial charge in [0.2, 0.25) is 0 Å². The van der Waals surface area contributed by atoms with Gasteiger partial charge in [0.25, 0.3) is 0 Å². The van der Waals surface area contributed by atoms with Gasteiger partial charge in [0.1, 0.15) is 5.82 Å². The van der Waals surface area contributed by atoms with Gasteiger partial charge in [-0.05, 0) is 43.4 Å². The number of aliphatic hydroxyl groups excluding tert-OH is 1. The summed E-state index contributed by atoms with van der Waals surface area (Å²) in [5, 5.41) is 12.8. The van der Waals surface area contributed by atoms with Crippen molar-refractivity contribution in [2.24, 2.45) is 5.92 Å². The van der Waals surface area contributed by atoms with Crippen molar-refractivity contribution in [1.82, 2.24) is 5.32 Å². The lowest BCUT2D eigenvalue weighted by atomic mass is 9.91. The van der Waals surface area contributed by atoms with E-state index < -0.39 is 0 Å². The number of benzene rings is 1. The molecule has 0 heterocycles. The summed E-state index contributed by atoms with van der Waals surface area (Å²) in [5.74, 6) is 0.411. The molecular formula is C15H22FNO. The Morgan fingerprint density at radius 1 is 1.28 bits per heavy atom. The molecule has 2 unspecified atom stereocenters. The van der Waals surface area contributed by atoms with Crippen LogP contribution in [0.4, 0.5) is 4.39 Å². The van der Waals surface area contributed by atoms with Crippen LogP contribution < -0.4 is 5.32 Å². The fraction of sp³-hybridized carbons (Fsp3) is 0.600. The third kappa shape index (κ3) is 3.53. The van der Waals surface area contributed by atoms with Crippen LogP contribution in [-0.4, -0.2) is 17.8 Å². The maximum atomic E-state index is 13.0. The van der Waals surface area contributed by atoms with Crippen molar-refractivity contribution in [1.29, 1.82) is 0 Å². The zero-order valence-corrected chi connectivity index (χ0v) is 10.9. The zero-order valence-electron chi connectivity index (χ0n) is 10.9. The fourth-order valence-electron chi connectivity index (χ4n) is 2.82. The molecule has 100 valence electrons. The molecule has 2 rings (SSSR count). The van der Waals surface area contributed by atoms with Crippen molar-refractivity contribution in [3.8, 4) is 0 Å². The van der Waals surface area contributed by atoms with Gasteiger partial charge < -0.3 is 10.4 Å². The van der Waals surface area contributed by atoms with E-state index in [2.05, 4.69) is 5.32 Å². The Labute approximate surface area is 108 Å². The lowest BCUT2D eigenvalue weighted by Gasteiger charge is -2.26. The second-order valence-corrected chi connectivity index (χ2v) is 5.33. The monoisotopic (exact) mass is 251 g/mol. The van der Waals surface area contributed by atoms with Gasteiger partial charge in [0.15, 0.2) is 0 Å². The van der Waals surface area contributed by atoms with Gasteiger partial charge in [-0.1, -0.05) is 25.0 Å². The first-order chi connectivity index (χ1) is 8.66. The van der Waals surface area contributed by atoms with Gasteiger partial charge in [0, 0.05) is 12.6 Å². The molecule has 0 amide bonds. The van der Waals surface area contributed by atoms with Crippen molar-refractivity contribution in [3.63, 3.8) is 0 Å². The summed E-state index contributed by atoms with van der Waals surface area (Å²) < 4.78 is 13.0. The van der Waals surface area contributed by atoms with E-state index >= 15 is 0 Å². The van der Waals surface area contributed by atoms with E-state index in [1.807, 2.05) is 12.1 Å². The van der Waals surface area contributed by atoms with Crippen LogP contribution in [-0.2, 0) is 0 Å². The number of halogens is 1. The van der Waals surface area contributed by atoms with E-state index in [0.29, 0.717) is 12.5 Å². The Morgan fingerprint density at radius 2 is 1.89 bits per heavy atom. The van der Waals surface area contributed by atoms with Crippen LogP contribution >= 0.6 is 0 Å². The minimum absolute atomic E-state index is 0.195. The molecule has 1 aliphatic rings. The van der Waals surface area contributed by atoms with Crippen LogP contribution in [0.3, 0.4) is 0 Å². The van der Waals surface area contributed by atoms with Crippen molar-refractivity contribution in [2.45, 2.75) is 44.8 Å². The van der Waals surface area contributed by atoms with E-state index in [-0.39, 0.29) is 18.0 Å². The fourth-order valence-corrected chi connectivity index (χ4v) is 2.82. The van der Waals surface area contributed by atoms with Gasteiger partial charge >= 0.3 is 0 Å². The first kappa shape index (κ1) is 13.5. The summed E-state index contributed by atoms with van der Waals surface area (Å²) >= 11 is 0. The van der Waals surface area contributed by atoms with Crippen molar-refractivity contribution in [2.75, 3.05) is 6.54 Å². The number of nitrogens with one attached hydrogen (secondary N) is 1. The van der Waals surface area contributed by atoms with Crippen molar-refractivity contribution < 1.29 is 9.50 Å². The lowest BCUT2D eigenvalue weighted by molar-refractivity contribution is 0.179. The molecule has 0 aromatic heterocycles.